The van der Waals surface area contributed by atoms with Gasteiger partial charge in [-0.3, -0.25) is 4.79 Å². The second-order valence-corrected chi connectivity index (χ2v) is 6.57. The zero-order chi connectivity index (χ0) is 18.7. The second kappa shape index (κ2) is 7.81. The fourth-order valence-electron chi connectivity index (χ4n) is 3.29. The van der Waals surface area contributed by atoms with Crippen molar-refractivity contribution in [1.82, 2.24) is 4.90 Å². The van der Waals surface area contributed by atoms with Crippen LogP contribution in [0.5, 0.6) is 5.75 Å². The van der Waals surface area contributed by atoms with E-state index < -0.39 is 6.61 Å². The lowest BCUT2D eigenvalue weighted by Crippen LogP contribution is -2.29. The average molecular weight is 363 g/mol. The normalized spacial score (nSPS) is 17.0. The Morgan fingerprint density at radius 2 is 2.04 bits per heavy atom. The van der Waals surface area contributed by atoms with Crippen LogP contribution < -0.4 is 4.74 Å². The van der Waals surface area contributed by atoms with Gasteiger partial charge in [0.25, 0.3) is 5.91 Å². The SMILES string of the molecule is Cc1ccc(CC2CCN(C(=O)c3ccccc3OC(F)F)C2)cc1F. The van der Waals surface area contributed by atoms with E-state index in [4.69, 9.17) is 0 Å². The van der Waals surface area contributed by atoms with E-state index in [0.29, 0.717) is 25.1 Å². The molecule has 0 saturated carbocycles. The molecule has 2 aromatic rings. The maximum absolute atomic E-state index is 13.7. The first-order valence-electron chi connectivity index (χ1n) is 8.52. The van der Waals surface area contributed by atoms with E-state index in [2.05, 4.69) is 4.74 Å². The van der Waals surface area contributed by atoms with Gasteiger partial charge >= 0.3 is 6.61 Å². The number of alkyl halides is 2. The number of benzene rings is 2. The van der Waals surface area contributed by atoms with Crippen LogP contribution in [-0.2, 0) is 6.42 Å². The van der Waals surface area contributed by atoms with Crippen LogP contribution in [0.25, 0.3) is 0 Å². The molecular weight excluding hydrogens is 343 g/mol. The number of rotatable bonds is 5. The molecule has 0 N–H and O–H groups in total. The monoisotopic (exact) mass is 363 g/mol. The molecule has 0 aromatic heterocycles. The van der Waals surface area contributed by atoms with Gasteiger partial charge in [-0.1, -0.05) is 24.3 Å². The van der Waals surface area contributed by atoms with Crippen molar-refractivity contribution in [2.24, 2.45) is 5.92 Å². The summed E-state index contributed by atoms with van der Waals surface area (Å²) >= 11 is 0. The van der Waals surface area contributed by atoms with E-state index in [1.807, 2.05) is 6.07 Å². The average Bonchev–Trinajstić information content (AvgIpc) is 3.06. The summed E-state index contributed by atoms with van der Waals surface area (Å²) in [6, 6.07) is 11.2. The van der Waals surface area contributed by atoms with Gasteiger partial charge in [-0.15, -0.1) is 0 Å². The minimum atomic E-state index is -2.98. The van der Waals surface area contributed by atoms with Crippen LogP contribution in [0.2, 0.25) is 0 Å². The lowest BCUT2D eigenvalue weighted by molar-refractivity contribution is -0.0502. The Morgan fingerprint density at radius 3 is 2.77 bits per heavy atom. The Morgan fingerprint density at radius 1 is 1.27 bits per heavy atom. The van der Waals surface area contributed by atoms with E-state index >= 15 is 0 Å². The number of amides is 1. The first kappa shape index (κ1) is 18.3. The van der Waals surface area contributed by atoms with Gasteiger partial charge in [0.05, 0.1) is 5.56 Å². The predicted molar refractivity (Wildman–Crippen MR) is 91.9 cm³/mol. The van der Waals surface area contributed by atoms with Crippen molar-refractivity contribution in [3.05, 3.63) is 65.0 Å². The number of carbonyl (C=O) groups is 1. The maximum atomic E-state index is 13.7. The number of hydrogen-bond acceptors (Lipinski definition) is 2. The topological polar surface area (TPSA) is 29.5 Å². The van der Waals surface area contributed by atoms with Gasteiger partial charge in [-0.2, -0.15) is 8.78 Å². The fourth-order valence-corrected chi connectivity index (χ4v) is 3.29. The van der Waals surface area contributed by atoms with Gasteiger partial charge in [0, 0.05) is 13.1 Å². The molecule has 2 aromatic carbocycles. The van der Waals surface area contributed by atoms with Gasteiger partial charge in [0.1, 0.15) is 11.6 Å². The number of ether oxygens (including phenoxy) is 1. The minimum absolute atomic E-state index is 0.114. The van der Waals surface area contributed by atoms with Crippen LogP contribution in [0.1, 0.15) is 27.9 Å². The largest absolute Gasteiger partial charge is 0.434 e. The smallest absolute Gasteiger partial charge is 0.387 e. The number of nitrogens with zero attached hydrogens (tertiary/aromatic N) is 1. The third-order valence-electron chi connectivity index (χ3n) is 4.67. The molecule has 26 heavy (non-hydrogen) atoms. The molecule has 6 heteroatoms. The van der Waals surface area contributed by atoms with Crippen molar-refractivity contribution >= 4 is 5.91 Å². The summed E-state index contributed by atoms with van der Waals surface area (Å²) in [5.41, 5.74) is 1.64. The van der Waals surface area contributed by atoms with E-state index in [1.165, 1.54) is 18.2 Å². The lowest BCUT2D eigenvalue weighted by Gasteiger charge is -2.18. The molecule has 1 fully saturated rings. The molecule has 1 heterocycles. The molecule has 0 spiro atoms. The van der Waals surface area contributed by atoms with Crippen LogP contribution in [0, 0.1) is 18.7 Å². The molecular formula is C20H20F3NO2. The van der Waals surface area contributed by atoms with Crippen molar-refractivity contribution in [2.75, 3.05) is 13.1 Å². The van der Waals surface area contributed by atoms with Crippen molar-refractivity contribution in [3.8, 4) is 5.75 Å². The molecule has 0 aliphatic carbocycles. The summed E-state index contributed by atoms with van der Waals surface area (Å²) in [7, 11) is 0. The lowest BCUT2D eigenvalue weighted by atomic mass is 9.98. The third-order valence-corrected chi connectivity index (χ3v) is 4.67. The summed E-state index contributed by atoms with van der Waals surface area (Å²) in [5, 5.41) is 0. The quantitative estimate of drug-likeness (QED) is 0.786. The summed E-state index contributed by atoms with van der Waals surface area (Å²) in [5.74, 6) is -0.453. The van der Waals surface area contributed by atoms with Crippen molar-refractivity contribution < 1.29 is 22.7 Å². The Bertz CT molecular complexity index is 794. The number of hydrogen-bond donors (Lipinski definition) is 0. The highest BCUT2D eigenvalue weighted by molar-refractivity contribution is 5.97. The number of aryl methyl sites for hydroxylation is 1. The first-order chi connectivity index (χ1) is 12.4. The van der Waals surface area contributed by atoms with Crippen molar-refractivity contribution in [2.45, 2.75) is 26.4 Å². The number of likely N-dealkylation sites (tertiary alicyclic amines) is 1. The van der Waals surface area contributed by atoms with Gasteiger partial charge < -0.3 is 9.64 Å². The minimum Gasteiger partial charge on any atom is -0.434 e. The molecule has 1 saturated heterocycles. The molecule has 1 unspecified atom stereocenters. The molecule has 0 radical (unpaired) electrons. The number of carbonyl (C=O) groups excluding carboxylic acids is 1. The van der Waals surface area contributed by atoms with Gasteiger partial charge in [0.2, 0.25) is 0 Å². The summed E-state index contributed by atoms with van der Waals surface area (Å²) < 4.78 is 43.2. The molecule has 3 nitrogen and oxygen atoms in total. The first-order valence-corrected chi connectivity index (χ1v) is 8.52. The molecule has 3 rings (SSSR count). The van der Waals surface area contributed by atoms with E-state index in [1.54, 1.807) is 30.0 Å². The Labute approximate surface area is 150 Å². The molecule has 1 aliphatic rings. The molecule has 1 aliphatic heterocycles. The van der Waals surface area contributed by atoms with Crippen LogP contribution in [0.4, 0.5) is 13.2 Å². The highest BCUT2D eigenvalue weighted by Crippen LogP contribution is 2.27. The second-order valence-electron chi connectivity index (χ2n) is 6.57. The number of halogens is 3. The molecule has 1 amide bonds. The highest BCUT2D eigenvalue weighted by Gasteiger charge is 2.29. The van der Waals surface area contributed by atoms with Crippen molar-refractivity contribution in [3.63, 3.8) is 0 Å². The highest BCUT2D eigenvalue weighted by atomic mass is 19.3. The zero-order valence-electron chi connectivity index (χ0n) is 14.4. The standard InChI is InChI=1S/C20H20F3NO2/c1-13-6-7-14(11-17(13)21)10-15-8-9-24(12-15)19(25)16-4-2-3-5-18(16)26-20(22)23/h2-7,11,15,20H,8-10,12H2,1H3. The summed E-state index contributed by atoms with van der Waals surface area (Å²) in [4.78, 5) is 14.3. The molecule has 1 atom stereocenters. The van der Waals surface area contributed by atoms with Gasteiger partial charge in [-0.05, 0) is 55.0 Å². The van der Waals surface area contributed by atoms with E-state index in [0.717, 1.165) is 12.0 Å². The van der Waals surface area contributed by atoms with Gasteiger partial charge in [0.15, 0.2) is 0 Å². The summed E-state index contributed by atoms with van der Waals surface area (Å²) in [6.07, 6.45) is 1.47. The van der Waals surface area contributed by atoms with Crippen molar-refractivity contribution in [1.29, 1.82) is 0 Å². The van der Waals surface area contributed by atoms with E-state index in [-0.39, 0.29) is 29.0 Å². The molecule has 138 valence electrons. The van der Waals surface area contributed by atoms with Gasteiger partial charge in [-0.25, -0.2) is 4.39 Å². The maximum Gasteiger partial charge on any atom is 0.387 e. The Hall–Kier alpha value is -2.50. The van der Waals surface area contributed by atoms with Crippen LogP contribution in [0.15, 0.2) is 42.5 Å². The molecule has 0 bridgehead atoms. The summed E-state index contributed by atoms with van der Waals surface area (Å²) in [6.45, 7) is -0.210. The fraction of sp³-hybridized carbons (Fsp3) is 0.350. The van der Waals surface area contributed by atoms with Crippen LogP contribution in [-0.4, -0.2) is 30.5 Å². The Kier molecular flexibility index (Phi) is 5.49. The van der Waals surface area contributed by atoms with Crippen LogP contribution in [0.3, 0.4) is 0 Å². The van der Waals surface area contributed by atoms with E-state index in [9.17, 15) is 18.0 Å². The van der Waals surface area contributed by atoms with Crippen LogP contribution >= 0.6 is 0 Å². The Balaban J connectivity index is 1.67. The third kappa shape index (κ3) is 4.18. The zero-order valence-corrected chi connectivity index (χ0v) is 14.4. The number of para-hydroxylation sites is 1. The predicted octanol–water partition coefficient (Wildman–Crippen LogP) is 4.44.